The molecule has 0 aromatic heterocycles. The highest BCUT2D eigenvalue weighted by molar-refractivity contribution is 6.43. The Balaban J connectivity index is 1.93. The zero-order valence-electron chi connectivity index (χ0n) is 9.94. The van der Waals surface area contributed by atoms with Crippen molar-refractivity contribution < 1.29 is 9.47 Å². The fraction of sp³-hybridized carbons (Fsp3) is 0.818. The van der Waals surface area contributed by atoms with Gasteiger partial charge in [-0.3, -0.25) is 9.80 Å². The van der Waals surface area contributed by atoms with Gasteiger partial charge in [-0.05, 0) is 0 Å². The molecule has 0 radical (unpaired) electrons. The van der Waals surface area contributed by atoms with Crippen LogP contribution in [-0.4, -0.2) is 77.7 Å². The summed E-state index contributed by atoms with van der Waals surface area (Å²) in [5.41, 5.74) is 2.16. The third-order valence-corrected chi connectivity index (χ3v) is 5.10. The molecule has 0 N–H and O–H groups in total. The molecule has 0 amide bonds. The standard InChI is InChI=1S/C11H22N2O2Si/c1-2-16-11(12-3-7-14-8-4-12)13-5-9-15-10-6-13/h2,11H,1,3-10,16H2. The highest BCUT2D eigenvalue weighted by atomic mass is 28.2. The van der Waals surface area contributed by atoms with E-state index in [0.29, 0.717) is 5.79 Å². The summed E-state index contributed by atoms with van der Waals surface area (Å²) < 4.78 is 10.8. The Morgan fingerprint density at radius 1 is 0.938 bits per heavy atom. The summed E-state index contributed by atoms with van der Waals surface area (Å²) in [5, 5.41) is 0. The van der Waals surface area contributed by atoms with Gasteiger partial charge >= 0.3 is 0 Å². The summed E-state index contributed by atoms with van der Waals surface area (Å²) in [6, 6.07) is 0. The second-order valence-corrected chi connectivity index (χ2v) is 6.08. The first-order valence-corrected chi connectivity index (χ1v) is 7.79. The summed E-state index contributed by atoms with van der Waals surface area (Å²) in [6.07, 6.45) is 0. The van der Waals surface area contributed by atoms with Gasteiger partial charge in [-0.2, -0.15) is 0 Å². The van der Waals surface area contributed by atoms with Crippen LogP contribution in [0.15, 0.2) is 12.3 Å². The molecule has 2 aliphatic heterocycles. The molecule has 0 spiro atoms. The first-order chi connectivity index (χ1) is 7.92. The SMILES string of the molecule is C=C[SiH2]C(N1CCOCC1)N1CCOCC1. The maximum Gasteiger partial charge on any atom is 0.0823 e. The Labute approximate surface area is 100 Å². The molecule has 0 bridgehead atoms. The molecular formula is C11H22N2O2Si. The van der Waals surface area contributed by atoms with Crippen LogP contribution in [-0.2, 0) is 9.47 Å². The lowest BCUT2D eigenvalue weighted by atomic mass is 10.4. The normalized spacial score (nSPS) is 25.6. The van der Waals surface area contributed by atoms with Crippen molar-refractivity contribution in [1.82, 2.24) is 9.80 Å². The largest absolute Gasteiger partial charge is 0.379 e. The molecule has 0 unspecified atom stereocenters. The summed E-state index contributed by atoms with van der Waals surface area (Å²) in [4.78, 5) is 5.14. The lowest BCUT2D eigenvalue weighted by Gasteiger charge is -2.42. The van der Waals surface area contributed by atoms with Gasteiger partial charge in [-0.25, -0.2) is 0 Å². The molecule has 0 aliphatic carbocycles. The van der Waals surface area contributed by atoms with Gasteiger partial charge in [0.2, 0.25) is 0 Å². The number of hydrogen-bond donors (Lipinski definition) is 0. The number of ether oxygens (including phenoxy) is 2. The molecular weight excluding hydrogens is 220 g/mol. The predicted octanol–water partition coefficient (Wildman–Crippen LogP) is -0.753. The van der Waals surface area contributed by atoms with Crippen molar-refractivity contribution in [3.63, 3.8) is 0 Å². The molecule has 2 rings (SSSR count). The fourth-order valence-electron chi connectivity index (χ4n) is 2.43. The van der Waals surface area contributed by atoms with Crippen LogP contribution in [0.1, 0.15) is 0 Å². The van der Waals surface area contributed by atoms with Gasteiger partial charge in [0.25, 0.3) is 0 Å². The quantitative estimate of drug-likeness (QED) is 0.606. The van der Waals surface area contributed by atoms with E-state index >= 15 is 0 Å². The van der Waals surface area contributed by atoms with E-state index in [1.165, 1.54) is 0 Å². The Morgan fingerprint density at radius 3 is 1.75 bits per heavy atom. The Morgan fingerprint density at radius 2 is 1.38 bits per heavy atom. The van der Waals surface area contributed by atoms with Crippen molar-refractivity contribution >= 4 is 9.52 Å². The highest BCUT2D eigenvalue weighted by Gasteiger charge is 2.26. The molecule has 0 aromatic rings. The minimum atomic E-state index is -0.249. The molecule has 0 saturated carbocycles. The number of morpholine rings is 2. The van der Waals surface area contributed by atoms with Crippen molar-refractivity contribution in [2.24, 2.45) is 0 Å². The summed E-state index contributed by atoms with van der Waals surface area (Å²) >= 11 is 0. The molecule has 2 saturated heterocycles. The smallest absolute Gasteiger partial charge is 0.0823 e. The Bertz CT molecular complexity index is 198. The number of hydrogen-bond acceptors (Lipinski definition) is 4. The van der Waals surface area contributed by atoms with Crippen LogP contribution in [0.4, 0.5) is 0 Å². The van der Waals surface area contributed by atoms with E-state index in [1.54, 1.807) is 0 Å². The van der Waals surface area contributed by atoms with Gasteiger partial charge in [-0.1, -0.05) is 0 Å². The van der Waals surface area contributed by atoms with Crippen molar-refractivity contribution in [3.8, 4) is 0 Å². The molecule has 5 heteroatoms. The second-order valence-electron chi connectivity index (χ2n) is 4.30. The van der Waals surface area contributed by atoms with Gasteiger partial charge in [0.05, 0.1) is 35.9 Å². The monoisotopic (exact) mass is 242 g/mol. The molecule has 2 fully saturated rings. The van der Waals surface area contributed by atoms with Crippen molar-refractivity contribution in [1.29, 1.82) is 0 Å². The summed E-state index contributed by atoms with van der Waals surface area (Å²) in [5.74, 6) is 0.630. The molecule has 0 atom stereocenters. The van der Waals surface area contributed by atoms with Crippen LogP contribution in [0.25, 0.3) is 0 Å². The molecule has 92 valence electrons. The van der Waals surface area contributed by atoms with E-state index in [-0.39, 0.29) is 9.52 Å². The topological polar surface area (TPSA) is 24.9 Å². The van der Waals surface area contributed by atoms with Crippen LogP contribution in [0.5, 0.6) is 0 Å². The van der Waals surface area contributed by atoms with E-state index in [1.807, 2.05) is 0 Å². The summed E-state index contributed by atoms with van der Waals surface area (Å²) in [7, 11) is -0.249. The zero-order valence-corrected chi connectivity index (χ0v) is 11.4. The van der Waals surface area contributed by atoms with E-state index in [2.05, 4.69) is 22.1 Å². The van der Waals surface area contributed by atoms with Crippen LogP contribution >= 0.6 is 0 Å². The van der Waals surface area contributed by atoms with Crippen LogP contribution in [0, 0.1) is 0 Å². The van der Waals surface area contributed by atoms with E-state index in [4.69, 9.17) is 9.47 Å². The molecule has 2 heterocycles. The maximum atomic E-state index is 5.42. The van der Waals surface area contributed by atoms with Gasteiger partial charge in [-0.15, -0.1) is 12.3 Å². The molecule has 4 nitrogen and oxygen atoms in total. The average molecular weight is 242 g/mol. The number of nitrogens with zero attached hydrogens (tertiary/aromatic N) is 2. The Hall–Kier alpha value is -0.203. The fourth-order valence-corrected chi connectivity index (χ4v) is 4.05. The highest BCUT2D eigenvalue weighted by Crippen LogP contribution is 2.10. The first-order valence-electron chi connectivity index (χ1n) is 6.16. The Kier molecular flexibility index (Phi) is 4.99. The van der Waals surface area contributed by atoms with Gasteiger partial charge in [0, 0.05) is 32.0 Å². The first kappa shape index (κ1) is 12.3. The minimum absolute atomic E-state index is 0.249. The van der Waals surface area contributed by atoms with Gasteiger partial charge < -0.3 is 9.47 Å². The van der Waals surface area contributed by atoms with Crippen LogP contribution < -0.4 is 0 Å². The molecule has 16 heavy (non-hydrogen) atoms. The van der Waals surface area contributed by atoms with E-state index in [9.17, 15) is 0 Å². The van der Waals surface area contributed by atoms with Crippen molar-refractivity contribution in [3.05, 3.63) is 12.3 Å². The van der Waals surface area contributed by atoms with Crippen molar-refractivity contribution in [2.45, 2.75) is 5.79 Å². The third kappa shape index (κ3) is 3.15. The van der Waals surface area contributed by atoms with Crippen LogP contribution in [0.2, 0.25) is 0 Å². The van der Waals surface area contributed by atoms with Gasteiger partial charge in [0.1, 0.15) is 0 Å². The lowest BCUT2D eigenvalue weighted by Crippen LogP contribution is -2.57. The molecule has 2 aliphatic rings. The lowest BCUT2D eigenvalue weighted by molar-refractivity contribution is -0.0388. The zero-order chi connectivity index (χ0) is 11.2. The van der Waals surface area contributed by atoms with Gasteiger partial charge in [0.15, 0.2) is 0 Å². The second kappa shape index (κ2) is 6.51. The maximum absolute atomic E-state index is 5.42. The third-order valence-electron chi connectivity index (χ3n) is 3.31. The van der Waals surface area contributed by atoms with E-state index < -0.39 is 0 Å². The molecule has 0 aromatic carbocycles. The minimum Gasteiger partial charge on any atom is -0.379 e. The van der Waals surface area contributed by atoms with Crippen molar-refractivity contribution in [2.75, 3.05) is 52.6 Å². The summed E-state index contributed by atoms with van der Waals surface area (Å²) in [6.45, 7) is 11.8. The van der Waals surface area contributed by atoms with Crippen LogP contribution in [0.3, 0.4) is 0 Å². The predicted molar refractivity (Wildman–Crippen MR) is 67.3 cm³/mol. The van der Waals surface area contributed by atoms with E-state index in [0.717, 1.165) is 52.6 Å². The average Bonchev–Trinajstić information content (AvgIpc) is 2.38. The number of rotatable bonds is 4.